The third-order valence-electron chi connectivity index (χ3n) is 2.54. The first kappa shape index (κ1) is 15.0. The molecule has 1 aromatic rings. The van der Waals surface area contributed by atoms with Crippen molar-refractivity contribution in [2.75, 3.05) is 12.3 Å². The predicted octanol–water partition coefficient (Wildman–Crippen LogP) is 0.339. The van der Waals surface area contributed by atoms with Gasteiger partial charge in [-0.1, -0.05) is 25.6 Å². The molecule has 0 aliphatic rings. The first-order valence-electron chi connectivity index (χ1n) is 6.12. The first-order valence-corrected chi connectivity index (χ1v) is 7.10. The van der Waals surface area contributed by atoms with Crippen LogP contribution in [0.5, 0.6) is 0 Å². The molecule has 0 saturated carbocycles. The zero-order chi connectivity index (χ0) is 13.5. The van der Waals surface area contributed by atoms with Crippen LogP contribution in [0.15, 0.2) is 14.7 Å². The zero-order valence-electron chi connectivity index (χ0n) is 11.0. The lowest BCUT2D eigenvalue weighted by Gasteiger charge is -2.16. The van der Waals surface area contributed by atoms with Crippen molar-refractivity contribution in [2.45, 2.75) is 37.9 Å². The van der Waals surface area contributed by atoms with Crippen LogP contribution in [0.25, 0.3) is 0 Å². The van der Waals surface area contributed by atoms with Crippen molar-refractivity contribution in [1.82, 2.24) is 20.1 Å². The molecule has 0 aromatic carbocycles. The van der Waals surface area contributed by atoms with Gasteiger partial charge in [-0.2, -0.15) is 4.98 Å². The molecule has 0 bridgehead atoms. The summed E-state index contributed by atoms with van der Waals surface area (Å²) in [5.74, 6) is 0.822. The molecule has 1 rings (SSSR count). The topological polar surface area (TPSA) is 79.8 Å². The molecule has 7 heteroatoms. The summed E-state index contributed by atoms with van der Waals surface area (Å²) in [5.41, 5.74) is -1.41. The standard InChI is InChI=1S/C11H20N4O2S/c1-4-6-12-8(5-2)7-18-11-13-9(16)10(17)14-15(11)3/h8,12H,4-7H2,1-3H3,(H,14,17). The van der Waals surface area contributed by atoms with Crippen molar-refractivity contribution in [2.24, 2.45) is 7.05 Å². The van der Waals surface area contributed by atoms with Crippen molar-refractivity contribution < 1.29 is 0 Å². The van der Waals surface area contributed by atoms with Gasteiger partial charge in [-0.25, -0.2) is 0 Å². The molecule has 0 amide bonds. The molecule has 102 valence electrons. The van der Waals surface area contributed by atoms with E-state index in [-0.39, 0.29) is 0 Å². The van der Waals surface area contributed by atoms with Crippen molar-refractivity contribution >= 4 is 11.8 Å². The molecule has 0 aliphatic carbocycles. The smallest absolute Gasteiger partial charge is 0.313 e. The Morgan fingerprint density at radius 3 is 2.78 bits per heavy atom. The lowest BCUT2D eigenvalue weighted by atomic mass is 10.2. The van der Waals surface area contributed by atoms with E-state index in [1.54, 1.807) is 7.05 Å². The second-order valence-electron chi connectivity index (χ2n) is 4.07. The Balaban J connectivity index is 2.65. The normalized spacial score (nSPS) is 12.6. The monoisotopic (exact) mass is 272 g/mol. The molecule has 1 atom stereocenters. The van der Waals surface area contributed by atoms with Gasteiger partial charge in [0.15, 0.2) is 5.16 Å². The van der Waals surface area contributed by atoms with E-state index in [1.165, 1.54) is 16.4 Å². The fourth-order valence-electron chi connectivity index (χ4n) is 1.43. The van der Waals surface area contributed by atoms with E-state index >= 15 is 0 Å². The van der Waals surface area contributed by atoms with E-state index in [9.17, 15) is 9.59 Å². The van der Waals surface area contributed by atoms with Gasteiger partial charge in [0.2, 0.25) is 0 Å². The summed E-state index contributed by atoms with van der Waals surface area (Å²) in [6, 6.07) is 0.388. The van der Waals surface area contributed by atoms with Gasteiger partial charge in [0.25, 0.3) is 0 Å². The van der Waals surface area contributed by atoms with Crippen LogP contribution in [0.1, 0.15) is 26.7 Å². The Kier molecular flexibility index (Phi) is 6.14. The molecule has 0 aliphatic heterocycles. The van der Waals surface area contributed by atoms with Crippen LogP contribution in [0.2, 0.25) is 0 Å². The third-order valence-corrected chi connectivity index (χ3v) is 3.73. The Labute approximate surface area is 110 Å². The average molecular weight is 272 g/mol. The maximum absolute atomic E-state index is 11.2. The van der Waals surface area contributed by atoms with E-state index in [2.05, 4.69) is 29.2 Å². The van der Waals surface area contributed by atoms with E-state index < -0.39 is 11.1 Å². The number of rotatable bonds is 7. The van der Waals surface area contributed by atoms with Gasteiger partial charge in [0.05, 0.1) is 0 Å². The summed E-state index contributed by atoms with van der Waals surface area (Å²) in [5, 5.41) is 6.40. The van der Waals surface area contributed by atoms with Crippen LogP contribution in [-0.4, -0.2) is 33.1 Å². The predicted molar refractivity (Wildman–Crippen MR) is 73.2 cm³/mol. The summed E-state index contributed by atoms with van der Waals surface area (Å²) in [6.07, 6.45) is 2.11. The Morgan fingerprint density at radius 1 is 1.44 bits per heavy atom. The van der Waals surface area contributed by atoms with Crippen molar-refractivity contribution in [3.05, 3.63) is 20.7 Å². The van der Waals surface area contributed by atoms with Gasteiger partial charge in [-0.3, -0.25) is 19.4 Å². The van der Waals surface area contributed by atoms with Gasteiger partial charge in [0, 0.05) is 18.8 Å². The molecule has 0 saturated heterocycles. The zero-order valence-corrected chi connectivity index (χ0v) is 11.8. The van der Waals surface area contributed by atoms with Gasteiger partial charge in [-0.05, 0) is 19.4 Å². The lowest BCUT2D eigenvalue weighted by molar-refractivity contribution is 0.536. The minimum absolute atomic E-state index is 0.388. The van der Waals surface area contributed by atoms with Crippen molar-refractivity contribution in [3.8, 4) is 0 Å². The molecular weight excluding hydrogens is 252 g/mol. The minimum Gasteiger partial charge on any atom is -0.313 e. The van der Waals surface area contributed by atoms with Crippen LogP contribution >= 0.6 is 11.8 Å². The number of nitrogens with zero attached hydrogens (tertiary/aromatic N) is 2. The van der Waals surface area contributed by atoms with E-state index in [0.29, 0.717) is 11.2 Å². The second-order valence-corrected chi connectivity index (χ2v) is 5.06. The van der Waals surface area contributed by atoms with Crippen molar-refractivity contribution in [1.29, 1.82) is 0 Å². The number of hydrogen-bond donors (Lipinski definition) is 2. The van der Waals surface area contributed by atoms with Crippen molar-refractivity contribution in [3.63, 3.8) is 0 Å². The molecule has 18 heavy (non-hydrogen) atoms. The van der Waals surface area contributed by atoms with Gasteiger partial charge < -0.3 is 5.32 Å². The second kappa shape index (κ2) is 7.38. The number of thioether (sulfide) groups is 1. The fourth-order valence-corrected chi connectivity index (χ4v) is 2.52. The van der Waals surface area contributed by atoms with Gasteiger partial charge >= 0.3 is 11.1 Å². The van der Waals surface area contributed by atoms with Crippen LogP contribution in [-0.2, 0) is 7.05 Å². The quantitative estimate of drug-likeness (QED) is 0.552. The number of aromatic amines is 1. The highest BCUT2D eigenvalue weighted by molar-refractivity contribution is 7.99. The molecule has 0 spiro atoms. The minimum atomic E-state index is -0.731. The molecule has 6 nitrogen and oxygen atoms in total. The van der Waals surface area contributed by atoms with Crippen LogP contribution in [0.4, 0.5) is 0 Å². The lowest BCUT2D eigenvalue weighted by Crippen LogP contribution is -2.35. The number of aromatic nitrogens is 3. The molecule has 1 aromatic heterocycles. The summed E-state index contributed by atoms with van der Waals surface area (Å²) >= 11 is 1.47. The number of aryl methyl sites for hydroxylation is 1. The average Bonchev–Trinajstić information content (AvgIpc) is 2.35. The third kappa shape index (κ3) is 4.30. The highest BCUT2D eigenvalue weighted by Crippen LogP contribution is 2.13. The molecular formula is C11H20N4O2S. The fraction of sp³-hybridized carbons (Fsp3) is 0.727. The SMILES string of the molecule is CCCNC(CC)CSc1nc(=O)c(=O)[nH]n1C. The number of hydrogen-bond acceptors (Lipinski definition) is 5. The Bertz CT molecular complexity index is 483. The Morgan fingerprint density at radius 2 is 2.17 bits per heavy atom. The van der Waals surface area contributed by atoms with E-state index in [4.69, 9.17) is 0 Å². The van der Waals surface area contributed by atoms with Gasteiger partial charge in [0.1, 0.15) is 0 Å². The number of nitrogens with one attached hydrogen (secondary N) is 2. The highest BCUT2D eigenvalue weighted by Gasteiger charge is 2.09. The van der Waals surface area contributed by atoms with E-state index in [0.717, 1.165) is 25.1 Å². The van der Waals surface area contributed by atoms with Crippen LogP contribution in [0.3, 0.4) is 0 Å². The van der Waals surface area contributed by atoms with E-state index in [1.807, 2.05) is 0 Å². The molecule has 1 unspecified atom stereocenters. The summed E-state index contributed by atoms with van der Waals surface area (Å²) in [4.78, 5) is 26.0. The maximum atomic E-state index is 11.2. The Hall–Kier alpha value is -1.08. The molecule has 2 N–H and O–H groups in total. The summed E-state index contributed by atoms with van der Waals surface area (Å²) < 4.78 is 1.49. The largest absolute Gasteiger partial charge is 0.339 e. The van der Waals surface area contributed by atoms with Crippen LogP contribution in [0, 0.1) is 0 Å². The summed E-state index contributed by atoms with van der Waals surface area (Å²) in [6.45, 7) is 5.23. The summed E-state index contributed by atoms with van der Waals surface area (Å²) in [7, 11) is 1.68. The number of H-pyrrole nitrogens is 1. The molecule has 0 radical (unpaired) electrons. The van der Waals surface area contributed by atoms with Gasteiger partial charge in [-0.15, -0.1) is 0 Å². The molecule has 0 fully saturated rings. The van der Waals surface area contributed by atoms with Crippen LogP contribution < -0.4 is 16.4 Å². The maximum Gasteiger partial charge on any atom is 0.339 e. The molecule has 1 heterocycles. The highest BCUT2D eigenvalue weighted by atomic mass is 32.2. The first-order chi connectivity index (χ1) is 8.58.